The van der Waals surface area contributed by atoms with E-state index in [9.17, 15) is 0 Å². The molecule has 0 N–H and O–H groups in total. The Balaban J connectivity index is 2.47. The molecule has 1 heterocycles. The van der Waals surface area contributed by atoms with Crippen molar-refractivity contribution in [2.45, 2.75) is 5.88 Å². The Kier molecular flexibility index (Phi) is 2.32. The molecule has 0 atom stereocenters. The van der Waals surface area contributed by atoms with E-state index in [0.29, 0.717) is 5.88 Å². The molecule has 0 aliphatic rings. The number of hydrogen-bond acceptors (Lipinski definition) is 2. The highest BCUT2D eigenvalue weighted by molar-refractivity contribution is 6.17. The molecule has 2 nitrogen and oxygen atoms in total. The van der Waals surface area contributed by atoms with Crippen LogP contribution < -0.4 is 0 Å². The molecule has 0 saturated carbocycles. The molecule has 1 aromatic heterocycles. The maximum absolute atomic E-state index is 5.72. The Hall–Kier alpha value is -1.28. The molecule has 0 aliphatic heterocycles. The number of hydrogen-bond donors (Lipinski definition) is 0. The fourth-order valence-corrected chi connectivity index (χ4v) is 1.37. The lowest BCUT2D eigenvalue weighted by Gasteiger charge is -1.96. The van der Waals surface area contributed by atoms with Crippen LogP contribution in [0, 0.1) is 0 Å². The monoisotopic (exact) mass is 193 g/mol. The van der Waals surface area contributed by atoms with Gasteiger partial charge in [0.2, 0.25) is 0 Å². The molecule has 0 fully saturated rings. The van der Waals surface area contributed by atoms with Crippen molar-refractivity contribution in [3.8, 4) is 11.3 Å². The summed E-state index contributed by atoms with van der Waals surface area (Å²) >= 11 is 5.72. The third-order valence-electron chi connectivity index (χ3n) is 1.82. The van der Waals surface area contributed by atoms with Crippen molar-refractivity contribution < 1.29 is 4.52 Å². The summed E-state index contributed by atoms with van der Waals surface area (Å²) < 4.78 is 5.11. The van der Waals surface area contributed by atoms with E-state index in [1.165, 1.54) is 0 Å². The van der Waals surface area contributed by atoms with Crippen LogP contribution in [-0.4, -0.2) is 5.16 Å². The van der Waals surface area contributed by atoms with Crippen LogP contribution in [0.4, 0.5) is 0 Å². The lowest BCUT2D eigenvalue weighted by atomic mass is 10.1. The van der Waals surface area contributed by atoms with Gasteiger partial charge in [-0.15, -0.1) is 11.6 Å². The highest BCUT2D eigenvalue weighted by Crippen LogP contribution is 2.23. The highest BCUT2D eigenvalue weighted by Gasteiger charge is 2.08. The molecule has 3 heteroatoms. The maximum Gasteiger partial charge on any atom is 0.171 e. The number of aromatic nitrogens is 1. The van der Waals surface area contributed by atoms with E-state index in [-0.39, 0.29) is 0 Å². The predicted molar refractivity (Wildman–Crippen MR) is 51.5 cm³/mol. The van der Waals surface area contributed by atoms with Crippen LogP contribution in [0.25, 0.3) is 11.3 Å². The van der Waals surface area contributed by atoms with E-state index in [4.69, 9.17) is 16.1 Å². The van der Waals surface area contributed by atoms with E-state index >= 15 is 0 Å². The molecular weight excluding hydrogens is 186 g/mol. The van der Waals surface area contributed by atoms with Crippen LogP contribution >= 0.6 is 11.6 Å². The number of nitrogens with zero attached hydrogens (tertiary/aromatic N) is 1. The summed E-state index contributed by atoms with van der Waals surface area (Å²) in [6.45, 7) is 0. The average molecular weight is 194 g/mol. The predicted octanol–water partition coefficient (Wildman–Crippen LogP) is 3.08. The van der Waals surface area contributed by atoms with Crippen LogP contribution in [0.15, 0.2) is 41.1 Å². The Bertz CT molecular complexity index is 383. The zero-order chi connectivity index (χ0) is 9.10. The second-order valence-corrected chi connectivity index (χ2v) is 2.95. The van der Waals surface area contributed by atoms with Gasteiger partial charge in [0.1, 0.15) is 0 Å². The first-order chi connectivity index (χ1) is 6.42. The van der Waals surface area contributed by atoms with Gasteiger partial charge in [-0.2, -0.15) is 0 Å². The number of rotatable bonds is 2. The van der Waals surface area contributed by atoms with Gasteiger partial charge in [0, 0.05) is 11.1 Å². The molecule has 0 radical (unpaired) electrons. The second-order valence-electron chi connectivity index (χ2n) is 2.68. The van der Waals surface area contributed by atoms with Crippen molar-refractivity contribution in [3.63, 3.8) is 0 Å². The van der Waals surface area contributed by atoms with E-state index in [1.807, 2.05) is 30.3 Å². The Morgan fingerprint density at radius 1 is 1.23 bits per heavy atom. The summed E-state index contributed by atoms with van der Waals surface area (Å²) in [4.78, 5) is 0. The lowest BCUT2D eigenvalue weighted by molar-refractivity contribution is 0.432. The van der Waals surface area contributed by atoms with Crippen molar-refractivity contribution in [3.05, 3.63) is 42.1 Å². The van der Waals surface area contributed by atoms with Gasteiger partial charge in [0.15, 0.2) is 5.76 Å². The van der Waals surface area contributed by atoms with Crippen molar-refractivity contribution in [2.24, 2.45) is 0 Å². The minimum Gasteiger partial charge on any atom is -0.356 e. The zero-order valence-corrected chi connectivity index (χ0v) is 7.66. The summed E-state index contributed by atoms with van der Waals surface area (Å²) in [5, 5.41) is 3.71. The van der Waals surface area contributed by atoms with Crippen LogP contribution in [0.2, 0.25) is 0 Å². The van der Waals surface area contributed by atoms with Gasteiger partial charge in [0.25, 0.3) is 0 Å². The van der Waals surface area contributed by atoms with E-state index in [0.717, 1.165) is 16.9 Å². The normalized spacial score (nSPS) is 10.2. The molecule has 0 spiro atoms. The largest absolute Gasteiger partial charge is 0.356 e. The average Bonchev–Trinajstić information content (AvgIpc) is 2.67. The van der Waals surface area contributed by atoms with Gasteiger partial charge < -0.3 is 4.52 Å². The molecule has 0 bridgehead atoms. The first-order valence-electron chi connectivity index (χ1n) is 3.97. The Morgan fingerprint density at radius 2 is 2.00 bits per heavy atom. The minimum atomic E-state index is 0.424. The molecule has 0 aliphatic carbocycles. The van der Waals surface area contributed by atoms with E-state index in [2.05, 4.69) is 5.16 Å². The fourth-order valence-electron chi connectivity index (χ4n) is 1.18. The van der Waals surface area contributed by atoms with Gasteiger partial charge in [-0.1, -0.05) is 35.5 Å². The van der Waals surface area contributed by atoms with Crippen molar-refractivity contribution in [1.82, 2.24) is 5.16 Å². The number of benzene rings is 1. The second kappa shape index (κ2) is 3.62. The SMILES string of the molecule is ClCc1cnoc1-c1ccccc1. The standard InChI is InChI=1S/C10H8ClNO/c11-6-9-7-12-13-10(9)8-4-2-1-3-5-8/h1-5,7H,6H2. The topological polar surface area (TPSA) is 26.0 Å². The van der Waals surface area contributed by atoms with Crippen LogP contribution in [0.1, 0.15) is 5.56 Å². The summed E-state index contributed by atoms with van der Waals surface area (Å²) in [7, 11) is 0. The summed E-state index contributed by atoms with van der Waals surface area (Å²) in [6, 6.07) is 9.80. The minimum absolute atomic E-state index is 0.424. The zero-order valence-electron chi connectivity index (χ0n) is 6.90. The molecule has 13 heavy (non-hydrogen) atoms. The van der Waals surface area contributed by atoms with Gasteiger partial charge in [-0.05, 0) is 0 Å². The van der Waals surface area contributed by atoms with Crippen LogP contribution in [0.3, 0.4) is 0 Å². The van der Waals surface area contributed by atoms with E-state index in [1.54, 1.807) is 6.20 Å². The van der Waals surface area contributed by atoms with Gasteiger partial charge in [0.05, 0.1) is 12.1 Å². The smallest absolute Gasteiger partial charge is 0.171 e. The molecule has 2 rings (SSSR count). The quantitative estimate of drug-likeness (QED) is 0.686. The molecule has 1 aromatic carbocycles. The number of halogens is 1. The summed E-state index contributed by atoms with van der Waals surface area (Å²) in [6.07, 6.45) is 1.65. The first kappa shape index (κ1) is 8.32. The molecule has 66 valence electrons. The summed E-state index contributed by atoms with van der Waals surface area (Å²) in [5.41, 5.74) is 1.93. The maximum atomic E-state index is 5.72. The molecule has 2 aromatic rings. The highest BCUT2D eigenvalue weighted by atomic mass is 35.5. The van der Waals surface area contributed by atoms with Gasteiger partial charge >= 0.3 is 0 Å². The first-order valence-corrected chi connectivity index (χ1v) is 4.50. The lowest BCUT2D eigenvalue weighted by Crippen LogP contribution is -1.78. The molecule has 0 amide bonds. The third-order valence-corrected chi connectivity index (χ3v) is 2.11. The molecule has 0 unspecified atom stereocenters. The Morgan fingerprint density at radius 3 is 2.69 bits per heavy atom. The van der Waals surface area contributed by atoms with Crippen LogP contribution in [0.5, 0.6) is 0 Å². The summed E-state index contributed by atoms with van der Waals surface area (Å²) in [5.74, 6) is 1.18. The van der Waals surface area contributed by atoms with Gasteiger partial charge in [-0.25, -0.2) is 0 Å². The molecular formula is C10H8ClNO. The fraction of sp³-hybridized carbons (Fsp3) is 0.100. The third kappa shape index (κ3) is 1.58. The van der Waals surface area contributed by atoms with E-state index < -0.39 is 0 Å². The van der Waals surface area contributed by atoms with Crippen molar-refractivity contribution >= 4 is 11.6 Å². The Labute approximate surface area is 81.1 Å². The van der Waals surface area contributed by atoms with Crippen molar-refractivity contribution in [2.75, 3.05) is 0 Å². The molecule has 0 saturated heterocycles. The van der Waals surface area contributed by atoms with Gasteiger partial charge in [-0.3, -0.25) is 0 Å². The number of alkyl halides is 1. The van der Waals surface area contributed by atoms with Crippen LogP contribution in [-0.2, 0) is 5.88 Å². The van der Waals surface area contributed by atoms with Crippen molar-refractivity contribution in [1.29, 1.82) is 0 Å².